The lowest BCUT2D eigenvalue weighted by molar-refractivity contribution is 1.68. The number of thiophene rings is 4. The van der Waals surface area contributed by atoms with E-state index in [4.69, 9.17) is 0 Å². The number of hydrogen-bond donors (Lipinski definition) is 0. The third-order valence-electron chi connectivity index (χ3n) is 8.15. The lowest BCUT2D eigenvalue weighted by atomic mass is 9.95. The highest BCUT2D eigenvalue weighted by Crippen LogP contribution is 2.60. The molecule has 0 nitrogen and oxygen atoms in total. The van der Waals surface area contributed by atoms with E-state index >= 15 is 0 Å². The van der Waals surface area contributed by atoms with Gasteiger partial charge in [0.25, 0.3) is 0 Å². The summed E-state index contributed by atoms with van der Waals surface area (Å²) in [5.41, 5.74) is 10.4. The Morgan fingerprint density at radius 1 is 0.250 bits per heavy atom. The number of rotatable bonds is 4. The van der Waals surface area contributed by atoms with Crippen LogP contribution in [0.1, 0.15) is 0 Å². The average Bonchev–Trinajstić information content (AvgIpc) is 3.89. The normalized spacial score (nSPS) is 11.6. The Hall–Kier alpha value is -4.32. The van der Waals surface area contributed by atoms with E-state index in [0.29, 0.717) is 0 Å². The highest BCUT2D eigenvalue weighted by Gasteiger charge is 2.30. The Balaban J connectivity index is 1.36. The van der Waals surface area contributed by atoms with Crippen LogP contribution >= 0.6 is 45.3 Å². The monoisotopic (exact) mass is 632 g/mol. The summed E-state index contributed by atoms with van der Waals surface area (Å²) < 4.78 is 0. The summed E-state index contributed by atoms with van der Waals surface area (Å²) in [6.07, 6.45) is 0. The van der Waals surface area contributed by atoms with Crippen molar-refractivity contribution in [2.24, 2.45) is 0 Å². The van der Waals surface area contributed by atoms with Crippen LogP contribution in [0.2, 0.25) is 0 Å². The van der Waals surface area contributed by atoms with Gasteiger partial charge in [-0.1, -0.05) is 121 Å². The molecule has 0 bridgehead atoms. The Labute approximate surface area is 272 Å². The second-order valence-corrected chi connectivity index (χ2v) is 15.1. The van der Waals surface area contributed by atoms with Crippen LogP contribution in [0.5, 0.6) is 0 Å². The van der Waals surface area contributed by atoms with Crippen LogP contribution in [0.3, 0.4) is 0 Å². The summed E-state index contributed by atoms with van der Waals surface area (Å²) in [7, 11) is 0. The number of fused-ring (bicyclic) bond motifs is 8. The van der Waals surface area contributed by atoms with Crippen LogP contribution in [0.4, 0.5) is 0 Å². The minimum atomic E-state index is 1.27. The van der Waals surface area contributed by atoms with Crippen LogP contribution < -0.4 is 0 Å². The predicted molar refractivity (Wildman–Crippen MR) is 195 cm³/mol. The van der Waals surface area contributed by atoms with Gasteiger partial charge >= 0.3 is 0 Å². The molecule has 0 aliphatic heterocycles. The second kappa shape index (κ2) is 10.7. The van der Waals surface area contributed by atoms with Gasteiger partial charge in [-0.2, -0.15) is 0 Å². The molecule has 9 rings (SSSR count). The molecule has 0 spiro atoms. The van der Waals surface area contributed by atoms with E-state index in [0.717, 1.165) is 0 Å². The Morgan fingerprint density at radius 2 is 0.455 bits per heavy atom. The molecule has 0 unspecified atom stereocenters. The van der Waals surface area contributed by atoms with E-state index in [1.807, 2.05) is 45.3 Å². The average molecular weight is 633 g/mol. The number of hydrogen-bond acceptors (Lipinski definition) is 4. The van der Waals surface area contributed by atoms with Gasteiger partial charge in [0.15, 0.2) is 0 Å². The molecule has 8 aromatic rings. The Morgan fingerprint density at radius 3 is 0.659 bits per heavy atom. The Bertz CT molecular complexity index is 1810. The summed E-state index contributed by atoms with van der Waals surface area (Å²) in [5.74, 6) is 0. The molecule has 44 heavy (non-hydrogen) atoms. The summed E-state index contributed by atoms with van der Waals surface area (Å²) >= 11 is 7.71. The Kier molecular flexibility index (Phi) is 6.34. The van der Waals surface area contributed by atoms with Gasteiger partial charge in [0.05, 0.1) is 19.5 Å². The van der Waals surface area contributed by atoms with Gasteiger partial charge in [-0.15, -0.1) is 45.3 Å². The van der Waals surface area contributed by atoms with Gasteiger partial charge in [0.2, 0.25) is 0 Å². The van der Waals surface area contributed by atoms with Crippen molar-refractivity contribution in [2.45, 2.75) is 0 Å². The highest BCUT2D eigenvalue weighted by molar-refractivity contribution is 7.28. The summed E-state index contributed by atoms with van der Waals surface area (Å²) in [5, 5.41) is 0. The topological polar surface area (TPSA) is 0 Å². The van der Waals surface area contributed by atoms with E-state index < -0.39 is 0 Å². The van der Waals surface area contributed by atoms with E-state index in [2.05, 4.69) is 146 Å². The smallest absolute Gasteiger partial charge is 0.0534 e. The summed E-state index contributed by atoms with van der Waals surface area (Å²) in [6, 6.07) is 53.2. The van der Waals surface area contributed by atoms with E-state index in [9.17, 15) is 0 Å². The zero-order chi connectivity index (χ0) is 29.0. The second-order valence-electron chi connectivity index (χ2n) is 10.9. The fraction of sp³-hybridized carbons (Fsp3) is 0. The van der Waals surface area contributed by atoms with E-state index in [-0.39, 0.29) is 0 Å². The molecule has 4 heteroatoms. The van der Waals surface area contributed by atoms with Gasteiger partial charge in [0, 0.05) is 41.8 Å². The van der Waals surface area contributed by atoms with Crippen LogP contribution in [0.15, 0.2) is 146 Å². The standard InChI is InChI=1S/C40H24S4/c1-5-13-25(14-6-1)33-21-29-30-22-34(26-15-7-2-8-16-26)43-39(30)40-32(24-36(44-40)28-19-11-4-12-20-28)31-23-35(27-17-9-3-10-18-27)42-38(31)37(29)41-33/h1-24H. The van der Waals surface area contributed by atoms with Crippen molar-refractivity contribution < 1.29 is 0 Å². The molecular weight excluding hydrogens is 609 g/mol. The van der Waals surface area contributed by atoms with Crippen molar-refractivity contribution in [1.29, 1.82) is 0 Å². The van der Waals surface area contributed by atoms with Crippen molar-refractivity contribution in [3.8, 4) is 83.5 Å². The summed E-state index contributed by atoms with van der Waals surface area (Å²) in [6.45, 7) is 0. The quantitative estimate of drug-likeness (QED) is 0.181. The first-order chi connectivity index (χ1) is 21.8. The van der Waals surface area contributed by atoms with Crippen LogP contribution in [-0.2, 0) is 0 Å². The van der Waals surface area contributed by atoms with Crippen molar-refractivity contribution >= 4 is 45.3 Å². The lowest BCUT2D eigenvalue weighted by Crippen LogP contribution is -1.85. The van der Waals surface area contributed by atoms with Crippen molar-refractivity contribution in [1.82, 2.24) is 0 Å². The maximum atomic E-state index is 2.44. The van der Waals surface area contributed by atoms with E-state index in [1.54, 1.807) is 0 Å². The first kappa shape index (κ1) is 26.1. The maximum Gasteiger partial charge on any atom is 0.0534 e. The molecule has 0 atom stereocenters. The van der Waals surface area contributed by atoms with Crippen molar-refractivity contribution in [2.75, 3.05) is 0 Å². The van der Waals surface area contributed by atoms with E-state index in [1.165, 1.54) is 83.5 Å². The molecular formula is C40H24S4. The largest absolute Gasteiger partial charge is 0.134 e. The zero-order valence-corrected chi connectivity index (χ0v) is 26.8. The summed E-state index contributed by atoms with van der Waals surface area (Å²) in [4.78, 5) is 10.7. The van der Waals surface area contributed by atoms with Crippen molar-refractivity contribution in [3.05, 3.63) is 146 Å². The molecule has 4 heterocycles. The lowest BCUT2D eigenvalue weighted by Gasteiger charge is -2.12. The van der Waals surface area contributed by atoms with Crippen molar-refractivity contribution in [3.63, 3.8) is 0 Å². The van der Waals surface area contributed by atoms with Gasteiger partial charge in [-0.05, 0) is 46.5 Å². The fourth-order valence-electron chi connectivity index (χ4n) is 6.02. The van der Waals surface area contributed by atoms with Gasteiger partial charge in [0.1, 0.15) is 0 Å². The minimum Gasteiger partial charge on any atom is -0.134 e. The molecule has 1 aliphatic rings. The van der Waals surface area contributed by atoms with Gasteiger partial charge in [-0.3, -0.25) is 0 Å². The van der Waals surface area contributed by atoms with Gasteiger partial charge < -0.3 is 0 Å². The zero-order valence-electron chi connectivity index (χ0n) is 23.5. The van der Waals surface area contributed by atoms with Crippen LogP contribution in [0.25, 0.3) is 83.5 Å². The van der Waals surface area contributed by atoms with Crippen LogP contribution in [0, 0.1) is 0 Å². The molecule has 208 valence electrons. The molecule has 0 amide bonds. The molecule has 0 fully saturated rings. The minimum absolute atomic E-state index is 1.27. The molecule has 1 aliphatic carbocycles. The fourth-order valence-corrected chi connectivity index (χ4v) is 11.0. The third-order valence-corrected chi connectivity index (χ3v) is 13.2. The molecule has 0 saturated carbocycles. The third kappa shape index (κ3) is 4.37. The molecule has 0 radical (unpaired) electrons. The molecule has 4 aromatic carbocycles. The maximum absolute atomic E-state index is 2.44. The number of benzene rings is 4. The SMILES string of the molecule is c1ccc(-c2cc3c(s2)-c2sc(-c4ccccc4)cc2-c2cc(-c4ccccc4)sc2-c2sc(-c4ccccc4)cc2-3)cc1. The first-order valence-corrected chi connectivity index (χ1v) is 17.9. The molecule has 0 N–H and O–H groups in total. The predicted octanol–water partition coefficient (Wildman–Crippen LogP) is 13.6. The van der Waals surface area contributed by atoms with Crippen LogP contribution in [-0.4, -0.2) is 0 Å². The molecule has 0 saturated heterocycles. The van der Waals surface area contributed by atoms with Gasteiger partial charge in [-0.25, -0.2) is 0 Å². The first-order valence-electron chi connectivity index (χ1n) is 14.6. The molecule has 4 aromatic heterocycles. The highest BCUT2D eigenvalue weighted by atomic mass is 32.1.